The SMILES string of the molecule is O=S(=O)(c1ccc(-c2csc(=Nc3ccccc3)n2Cc2ccco2)cc1)N1CCC(Cc2ccccc2)CC1. The second-order valence-corrected chi connectivity index (χ2v) is 12.9. The highest BCUT2D eigenvalue weighted by atomic mass is 32.2. The van der Waals surface area contributed by atoms with Crippen molar-refractivity contribution in [2.75, 3.05) is 13.1 Å². The van der Waals surface area contributed by atoms with Gasteiger partial charge in [0.05, 0.1) is 29.1 Å². The predicted molar refractivity (Wildman–Crippen MR) is 159 cm³/mol. The quantitative estimate of drug-likeness (QED) is 0.208. The second-order valence-electron chi connectivity index (χ2n) is 10.1. The van der Waals surface area contributed by atoms with E-state index in [1.807, 2.05) is 60.7 Å². The molecule has 1 aliphatic rings. The summed E-state index contributed by atoms with van der Waals surface area (Å²) in [4.78, 5) is 6.03. The molecule has 6 rings (SSSR count). The summed E-state index contributed by atoms with van der Waals surface area (Å²) in [5, 5.41) is 2.06. The molecule has 3 aromatic carbocycles. The van der Waals surface area contributed by atoms with E-state index in [1.54, 1.807) is 34.0 Å². The first-order valence-electron chi connectivity index (χ1n) is 13.5. The minimum absolute atomic E-state index is 0.333. The van der Waals surface area contributed by atoms with E-state index in [2.05, 4.69) is 34.2 Å². The number of furan rings is 1. The summed E-state index contributed by atoms with van der Waals surface area (Å²) in [6.07, 6.45) is 4.42. The Labute approximate surface area is 238 Å². The number of hydrogen-bond acceptors (Lipinski definition) is 5. The molecule has 0 N–H and O–H groups in total. The van der Waals surface area contributed by atoms with Gasteiger partial charge >= 0.3 is 0 Å². The molecule has 5 aromatic rings. The van der Waals surface area contributed by atoms with Gasteiger partial charge < -0.3 is 8.98 Å². The first kappa shape index (κ1) is 26.5. The van der Waals surface area contributed by atoms with Crippen LogP contribution in [0.5, 0.6) is 0 Å². The van der Waals surface area contributed by atoms with Crippen molar-refractivity contribution >= 4 is 27.0 Å². The van der Waals surface area contributed by atoms with Gasteiger partial charge in [-0.15, -0.1) is 11.3 Å². The summed E-state index contributed by atoms with van der Waals surface area (Å²) in [6.45, 7) is 1.63. The number of sulfonamides is 1. The maximum Gasteiger partial charge on any atom is 0.243 e. The smallest absolute Gasteiger partial charge is 0.243 e. The number of hydrogen-bond donors (Lipinski definition) is 0. The normalized spacial score (nSPS) is 15.4. The molecule has 3 heterocycles. The molecule has 0 amide bonds. The zero-order chi connectivity index (χ0) is 27.4. The molecule has 0 unspecified atom stereocenters. The molecule has 0 saturated carbocycles. The van der Waals surface area contributed by atoms with Gasteiger partial charge in [-0.1, -0.05) is 60.7 Å². The van der Waals surface area contributed by atoms with Gasteiger partial charge in [-0.3, -0.25) is 0 Å². The number of rotatable bonds is 8. The Kier molecular flexibility index (Phi) is 7.82. The van der Waals surface area contributed by atoms with E-state index in [4.69, 9.17) is 9.41 Å². The van der Waals surface area contributed by atoms with Crippen LogP contribution in [0.3, 0.4) is 0 Å². The minimum atomic E-state index is -3.55. The highest BCUT2D eigenvalue weighted by Crippen LogP contribution is 2.28. The number of benzene rings is 3. The molecular weight excluding hydrogens is 539 g/mol. The third kappa shape index (κ3) is 5.89. The lowest BCUT2D eigenvalue weighted by molar-refractivity contribution is 0.273. The lowest BCUT2D eigenvalue weighted by atomic mass is 9.91. The average molecular weight is 570 g/mol. The Balaban J connectivity index is 1.22. The molecule has 1 fully saturated rings. The molecular formula is C32H31N3O3S2. The van der Waals surface area contributed by atoms with Crippen molar-refractivity contribution in [1.29, 1.82) is 0 Å². The molecule has 204 valence electrons. The van der Waals surface area contributed by atoms with Crippen LogP contribution in [0.1, 0.15) is 24.2 Å². The average Bonchev–Trinajstić information content (AvgIpc) is 3.65. The Morgan fingerprint density at radius 1 is 0.850 bits per heavy atom. The summed E-state index contributed by atoms with van der Waals surface area (Å²) in [7, 11) is -3.55. The van der Waals surface area contributed by atoms with Crippen LogP contribution in [0.4, 0.5) is 5.69 Å². The van der Waals surface area contributed by atoms with Crippen LogP contribution in [0.25, 0.3) is 11.3 Å². The van der Waals surface area contributed by atoms with Gasteiger partial charge in [0, 0.05) is 18.5 Å². The van der Waals surface area contributed by atoms with Crippen LogP contribution in [0, 0.1) is 5.92 Å². The van der Waals surface area contributed by atoms with E-state index in [0.717, 1.165) is 46.8 Å². The van der Waals surface area contributed by atoms with E-state index in [1.165, 1.54) is 5.56 Å². The van der Waals surface area contributed by atoms with Crippen LogP contribution in [-0.4, -0.2) is 30.4 Å². The third-order valence-electron chi connectivity index (χ3n) is 7.40. The van der Waals surface area contributed by atoms with Crippen molar-refractivity contribution in [3.05, 3.63) is 125 Å². The van der Waals surface area contributed by atoms with Crippen molar-refractivity contribution in [1.82, 2.24) is 8.87 Å². The summed E-state index contributed by atoms with van der Waals surface area (Å²) >= 11 is 1.55. The van der Waals surface area contributed by atoms with Crippen molar-refractivity contribution in [3.8, 4) is 11.3 Å². The molecule has 0 aliphatic carbocycles. The summed E-state index contributed by atoms with van der Waals surface area (Å²) in [5.41, 5.74) is 4.08. The van der Waals surface area contributed by atoms with Crippen LogP contribution >= 0.6 is 11.3 Å². The van der Waals surface area contributed by atoms with Gasteiger partial charge in [-0.25, -0.2) is 13.4 Å². The summed E-state index contributed by atoms with van der Waals surface area (Å²) in [5.74, 6) is 1.33. The Hall–Kier alpha value is -3.72. The van der Waals surface area contributed by atoms with Gasteiger partial charge in [0.15, 0.2) is 4.80 Å². The van der Waals surface area contributed by atoms with Crippen molar-refractivity contribution < 1.29 is 12.8 Å². The minimum Gasteiger partial charge on any atom is -0.467 e. The van der Waals surface area contributed by atoms with Crippen molar-refractivity contribution in [3.63, 3.8) is 0 Å². The van der Waals surface area contributed by atoms with Crippen LogP contribution in [0.15, 0.2) is 123 Å². The Morgan fingerprint density at radius 2 is 1.55 bits per heavy atom. The Morgan fingerprint density at radius 3 is 2.23 bits per heavy atom. The zero-order valence-corrected chi connectivity index (χ0v) is 23.7. The van der Waals surface area contributed by atoms with Gasteiger partial charge in [0.1, 0.15) is 5.76 Å². The first-order valence-corrected chi connectivity index (χ1v) is 15.8. The largest absolute Gasteiger partial charge is 0.467 e. The molecule has 0 bridgehead atoms. The molecule has 6 nitrogen and oxygen atoms in total. The molecule has 40 heavy (non-hydrogen) atoms. The molecule has 8 heteroatoms. The maximum atomic E-state index is 13.5. The fraction of sp³-hybridized carbons (Fsp3) is 0.219. The van der Waals surface area contributed by atoms with Gasteiger partial charge in [0.25, 0.3) is 0 Å². The van der Waals surface area contributed by atoms with Crippen LogP contribution in [-0.2, 0) is 23.0 Å². The van der Waals surface area contributed by atoms with E-state index < -0.39 is 10.0 Å². The molecule has 2 aromatic heterocycles. The highest BCUT2D eigenvalue weighted by molar-refractivity contribution is 7.89. The molecule has 0 atom stereocenters. The van der Waals surface area contributed by atoms with Gasteiger partial charge in [0.2, 0.25) is 10.0 Å². The number of para-hydroxylation sites is 1. The van der Waals surface area contributed by atoms with Crippen molar-refractivity contribution in [2.45, 2.75) is 30.7 Å². The number of thiazole rings is 1. The highest BCUT2D eigenvalue weighted by Gasteiger charge is 2.29. The summed E-state index contributed by atoms with van der Waals surface area (Å²) in [6, 6.07) is 31.4. The monoisotopic (exact) mass is 569 g/mol. The van der Waals surface area contributed by atoms with E-state index >= 15 is 0 Å². The standard InChI is InChI=1S/C32H31N3O3S2/c36-40(37,34-19-17-26(18-20-34)22-25-8-3-1-4-9-25)30-15-13-27(14-16-30)31-24-39-32(33-28-10-5-2-6-11-28)35(31)23-29-12-7-21-38-29/h1-16,21,24,26H,17-20,22-23H2. The maximum absolute atomic E-state index is 13.5. The lowest BCUT2D eigenvalue weighted by Crippen LogP contribution is -2.38. The van der Waals surface area contributed by atoms with Crippen LogP contribution in [0.2, 0.25) is 0 Å². The van der Waals surface area contributed by atoms with Gasteiger partial charge in [-0.2, -0.15) is 4.31 Å². The zero-order valence-electron chi connectivity index (χ0n) is 22.1. The van der Waals surface area contributed by atoms with E-state index in [9.17, 15) is 8.42 Å². The fourth-order valence-electron chi connectivity index (χ4n) is 5.22. The Bertz CT molecular complexity index is 1700. The van der Waals surface area contributed by atoms with Gasteiger partial charge in [-0.05, 0) is 72.7 Å². The van der Waals surface area contributed by atoms with Crippen LogP contribution < -0.4 is 4.80 Å². The topological polar surface area (TPSA) is 67.8 Å². The first-order chi connectivity index (χ1) is 19.6. The fourth-order valence-corrected chi connectivity index (χ4v) is 7.62. The lowest BCUT2D eigenvalue weighted by Gasteiger charge is -2.31. The molecule has 1 saturated heterocycles. The van der Waals surface area contributed by atoms with E-state index in [0.29, 0.717) is 30.4 Å². The van der Waals surface area contributed by atoms with Crippen molar-refractivity contribution in [2.24, 2.45) is 10.9 Å². The molecule has 0 spiro atoms. The third-order valence-corrected chi connectivity index (χ3v) is 10.2. The van der Waals surface area contributed by atoms with E-state index in [-0.39, 0.29) is 0 Å². The molecule has 1 aliphatic heterocycles. The molecule has 0 radical (unpaired) electrons. The second kappa shape index (κ2) is 11.8. The number of aromatic nitrogens is 1. The summed E-state index contributed by atoms with van der Waals surface area (Å²) < 4.78 is 36.3. The number of nitrogens with zero attached hydrogens (tertiary/aromatic N) is 3. The predicted octanol–water partition coefficient (Wildman–Crippen LogP) is 6.73. The number of piperidine rings is 1.